The van der Waals surface area contributed by atoms with Crippen molar-refractivity contribution in [3.05, 3.63) is 41.3 Å². The highest BCUT2D eigenvalue weighted by atomic mass is 79.9. The van der Waals surface area contributed by atoms with E-state index in [1.807, 2.05) is 0 Å². The van der Waals surface area contributed by atoms with Crippen LogP contribution in [0.4, 0.5) is 10.1 Å². The number of fused-ring (bicyclic) bond motifs is 1. The molecule has 1 heterocycles. The molecule has 0 aliphatic carbocycles. The minimum Gasteiger partial charge on any atom is -0.501 e. The van der Waals surface area contributed by atoms with Crippen LogP contribution in [0.5, 0.6) is 5.75 Å². The van der Waals surface area contributed by atoms with Gasteiger partial charge in [0, 0.05) is 0 Å². The van der Waals surface area contributed by atoms with Gasteiger partial charge < -0.3 is 10.1 Å². The van der Waals surface area contributed by atoms with Gasteiger partial charge in [0.1, 0.15) is 0 Å². The molecular weight excluding hydrogens is 379 g/mol. The molecule has 0 bridgehead atoms. The highest BCUT2D eigenvalue weighted by Gasteiger charge is 2.25. The van der Waals surface area contributed by atoms with E-state index in [1.165, 1.54) is 6.07 Å². The van der Waals surface area contributed by atoms with E-state index in [4.69, 9.17) is 0 Å². The van der Waals surface area contributed by atoms with E-state index in [9.17, 15) is 24.4 Å². The van der Waals surface area contributed by atoms with Gasteiger partial charge >= 0.3 is 11.2 Å². The van der Waals surface area contributed by atoms with E-state index in [2.05, 4.69) is 36.8 Å². The van der Waals surface area contributed by atoms with Crippen LogP contribution in [0.3, 0.4) is 0 Å². The summed E-state index contributed by atoms with van der Waals surface area (Å²) in [4.78, 5) is 23.3. The third-order valence-corrected chi connectivity index (χ3v) is 3.59. The largest absolute Gasteiger partial charge is 0.501 e. The molecule has 0 amide bonds. The Kier molecular flexibility index (Phi) is 3.11. The second-order valence-electron chi connectivity index (χ2n) is 3.32. The normalized spacial score (nSPS) is 10.8. The molecule has 2 aromatic rings. The monoisotopic (exact) mass is 380 g/mol. The molecule has 0 saturated carbocycles. The lowest BCUT2D eigenvalue weighted by atomic mass is 10.2. The van der Waals surface area contributed by atoms with Crippen LogP contribution >= 0.6 is 31.9 Å². The molecule has 2 rings (SSSR count). The molecule has 94 valence electrons. The molecule has 0 fully saturated rings. The lowest BCUT2D eigenvalue weighted by molar-refractivity contribution is -0.387. The number of rotatable bonds is 1. The molecule has 0 aliphatic heterocycles. The Morgan fingerprint density at radius 1 is 1.44 bits per heavy atom. The van der Waals surface area contributed by atoms with E-state index in [0.29, 0.717) is 0 Å². The molecule has 0 spiro atoms. The molecule has 2 N–H and O–H groups in total. The Labute approximate surface area is 115 Å². The topological polar surface area (TPSA) is 96.2 Å². The van der Waals surface area contributed by atoms with Crippen LogP contribution in [0.15, 0.2) is 19.8 Å². The van der Waals surface area contributed by atoms with E-state index in [1.54, 1.807) is 0 Å². The first kappa shape index (κ1) is 13.0. The number of halogens is 3. The second kappa shape index (κ2) is 4.32. The Morgan fingerprint density at radius 3 is 2.61 bits per heavy atom. The molecule has 1 aromatic heterocycles. The van der Waals surface area contributed by atoms with Gasteiger partial charge in [-0.3, -0.25) is 14.9 Å². The van der Waals surface area contributed by atoms with Gasteiger partial charge in [0.15, 0.2) is 5.82 Å². The molecule has 6 nitrogen and oxygen atoms in total. The summed E-state index contributed by atoms with van der Waals surface area (Å²) in [5.41, 5.74) is -2.01. The van der Waals surface area contributed by atoms with Crippen molar-refractivity contribution in [3.63, 3.8) is 0 Å². The van der Waals surface area contributed by atoms with Gasteiger partial charge in [0.05, 0.1) is 24.8 Å². The fourth-order valence-corrected chi connectivity index (χ4v) is 2.81. The van der Waals surface area contributed by atoms with Crippen LogP contribution in [0, 0.1) is 15.9 Å². The molecule has 0 saturated heterocycles. The van der Waals surface area contributed by atoms with E-state index < -0.39 is 27.7 Å². The average Bonchev–Trinajstić information content (AvgIpc) is 2.24. The van der Waals surface area contributed by atoms with Crippen LogP contribution in [-0.4, -0.2) is 15.0 Å². The predicted octanol–water partition coefficient (Wildman–Crippen LogP) is 2.81. The molecule has 0 aliphatic rings. The maximum absolute atomic E-state index is 13.6. The molecule has 1 aromatic carbocycles. The van der Waals surface area contributed by atoms with Crippen LogP contribution in [0.25, 0.3) is 10.9 Å². The number of benzene rings is 1. The van der Waals surface area contributed by atoms with Crippen molar-refractivity contribution in [2.24, 2.45) is 0 Å². The molecule has 9 heteroatoms. The van der Waals surface area contributed by atoms with Crippen LogP contribution < -0.4 is 5.56 Å². The number of pyridine rings is 1. The van der Waals surface area contributed by atoms with Crippen LogP contribution in [-0.2, 0) is 0 Å². The number of aromatic hydroxyl groups is 1. The lowest BCUT2D eigenvalue weighted by Gasteiger charge is -2.06. The first-order valence-electron chi connectivity index (χ1n) is 4.41. The number of nitrogens with zero attached hydrogens (tertiary/aromatic N) is 1. The van der Waals surface area contributed by atoms with Gasteiger partial charge in [0.2, 0.25) is 5.75 Å². The highest BCUT2D eigenvalue weighted by molar-refractivity contribution is 9.11. The summed E-state index contributed by atoms with van der Waals surface area (Å²) in [6.07, 6.45) is 0. The van der Waals surface area contributed by atoms with Crippen LogP contribution in [0.2, 0.25) is 0 Å². The zero-order valence-electron chi connectivity index (χ0n) is 8.33. The zero-order chi connectivity index (χ0) is 13.6. The molecule has 0 radical (unpaired) electrons. The fraction of sp³-hybridized carbons (Fsp3) is 0. The summed E-state index contributed by atoms with van der Waals surface area (Å²) < 4.78 is 13.5. The fourth-order valence-electron chi connectivity index (χ4n) is 1.50. The number of aromatic nitrogens is 1. The van der Waals surface area contributed by atoms with Crippen molar-refractivity contribution in [2.45, 2.75) is 0 Å². The lowest BCUT2D eigenvalue weighted by Crippen LogP contribution is -2.12. The van der Waals surface area contributed by atoms with E-state index >= 15 is 0 Å². The van der Waals surface area contributed by atoms with E-state index in [0.717, 1.165) is 0 Å². The van der Waals surface area contributed by atoms with Crippen molar-refractivity contribution in [1.82, 2.24) is 4.98 Å². The summed E-state index contributed by atoms with van der Waals surface area (Å²) in [5.74, 6) is -1.61. The number of aromatic amines is 1. The Bertz CT molecular complexity index is 744. The average molecular weight is 382 g/mol. The van der Waals surface area contributed by atoms with Gasteiger partial charge in [-0.1, -0.05) is 0 Å². The molecular formula is C9H3Br2FN2O4. The smallest absolute Gasteiger partial charge is 0.375 e. The van der Waals surface area contributed by atoms with Gasteiger partial charge in [-0.05, 0) is 37.9 Å². The third-order valence-electron chi connectivity index (χ3n) is 2.27. The van der Waals surface area contributed by atoms with Gasteiger partial charge in [0.25, 0.3) is 0 Å². The second-order valence-corrected chi connectivity index (χ2v) is 4.96. The van der Waals surface area contributed by atoms with Gasteiger partial charge in [-0.25, -0.2) is 4.39 Å². The van der Waals surface area contributed by atoms with Crippen LogP contribution in [0.1, 0.15) is 0 Å². The maximum Gasteiger partial charge on any atom is 0.375 e. The maximum atomic E-state index is 13.6. The quantitative estimate of drug-likeness (QED) is 0.451. The van der Waals surface area contributed by atoms with Crippen molar-refractivity contribution in [1.29, 1.82) is 0 Å². The van der Waals surface area contributed by atoms with Gasteiger partial charge in [-0.2, -0.15) is 0 Å². The third kappa shape index (κ3) is 1.79. The Balaban J connectivity index is 3.07. The summed E-state index contributed by atoms with van der Waals surface area (Å²) in [5, 5.41) is 20.2. The van der Waals surface area contributed by atoms with Crippen molar-refractivity contribution in [3.8, 4) is 5.75 Å². The molecule has 18 heavy (non-hydrogen) atoms. The summed E-state index contributed by atoms with van der Waals surface area (Å²) in [6.45, 7) is 0. The summed E-state index contributed by atoms with van der Waals surface area (Å²) >= 11 is 5.80. The standard InChI is InChI=1S/C9H3Br2FN2O4/c10-2-1-3-4(5(11)6(2)12)8(15)7(14(17)18)9(16)13-3/h1H,(H2,13,15,16). The van der Waals surface area contributed by atoms with E-state index in [-0.39, 0.29) is 19.8 Å². The molecule has 0 unspecified atom stereocenters. The SMILES string of the molecule is O=c1[nH]c2cc(Br)c(F)c(Br)c2c(O)c1[N+](=O)[O-]. The minimum atomic E-state index is -1.06. The number of nitrogens with one attached hydrogen (secondary N) is 1. The van der Waals surface area contributed by atoms with Crippen molar-refractivity contribution in [2.75, 3.05) is 0 Å². The number of hydrogen-bond acceptors (Lipinski definition) is 4. The number of nitro groups is 1. The highest BCUT2D eigenvalue weighted by Crippen LogP contribution is 2.38. The number of hydrogen-bond donors (Lipinski definition) is 2. The Hall–Kier alpha value is -1.48. The first-order valence-corrected chi connectivity index (χ1v) is 6.00. The zero-order valence-corrected chi connectivity index (χ0v) is 11.5. The summed E-state index contributed by atoms with van der Waals surface area (Å²) in [6, 6.07) is 1.21. The number of H-pyrrole nitrogens is 1. The van der Waals surface area contributed by atoms with Crippen molar-refractivity contribution < 1.29 is 14.4 Å². The predicted molar refractivity (Wildman–Crippen MR) is 68.2 cm³/mol. The van der Waals surface area contributed by atoms with Gasteiger partial charge in [-0.15, -0.1) is 0 Å². The Morgan fingerprint density at radius 2 is 2.06 bits per heavy atom. The molecule has 0 atom stereocenters. The minimum absolute atomic E-state index is 0.0470. The summed E-state index contributed by atoms with van der Waals surface area (Å²) in [7, 11) is 0. The first-order chi connectivity index (χ1) is 8.34. The van der Waals surface area contributed by atoms with Crippen molar-refractivity contribution >= 4 is 48.5 Å².